The van der Waals surface area contributed by atoms with Crippen molar-refractivity contribution < 1.29 is 4.79 Å². The average Bonchev–Trinajstić information content (AvgIpc) is 2.62. The van der Waals surface area contributed by atoms with Crippen LogP contribution < -0.4 is 5.32 Å². The monoisotopic (exact) mass is 322 g/mol. The summed E-state index contributed by atoms with van der Waals surface area (Å²) in [5.74, 6) is 0.134. The molecule has 2 aromatic rings. The van der Waals surface area contributed by atoms with Crippen molar-refractivity contribution in [3.8, 4) is 0 Å². The summed E-state index contributed by atoms with van der Waals surface area (Å²) in [6.07, 6.45) is 3.97. The first-order valence-corrected chi connectivity index (χ1v) is 8.97. The van der Waals surface area contributed by atoms with Crippen LogP contribution in [0, 0.1) is 0 Å². The van der Waals surface area contributed by atoms with Gasteiger partial charge in [0.15, 0.2) is 0 Å². The molecule has 0 saturated carbocycles. The summed E-state index contributed by atoms with van der Waals surface area (Å²) in [5.41, 5.74) is 2.41. The maximum absolute atomic E-state index is 13.3. The number of nitrogens with zero attached hydrogens (tertiary/aromatic N) is 1. The van der Waals surface area contributed by atoms with Crippen molar-refractivity contribution in [2.75, 3.05) is 11.9 Å². The Balaban J connectivity index is 2.14. The number of para-hydroxylation sites is 1. The van der Waals surface area contributed by atoms with E-state index in [4.69, 9.17) is 0 Å². The minimum absolute atomic E-state index is 0.134. The van der Waals surface area contributed by atoms with Gasteiger partial charge >= 0.3 is 0 Å². The number of fused-ring (bicyclic) bond motifs is 1. The topological polar surface area (TPSA) is 32.3 Å². The zero-order valence-electron chi connectivity index (χ0n) is 14.6. The van der Waals surface area contributed by atoms with Gasteiger partial charge in [0, 0.05) is 12.2 Å². The number of hydrogen-bond acceptors (Lipinski definition) is 2. The maximum atomic E-state index is 13.3. The van der Waals surface area contributed by atoms with E-state index in [1.165, 1.54) is 0 Å². The zero-order chi connectivity index (χ0) is 17.0. The largest absolute Gasteiger partial charge is 0.358 e. The van der Waals surface area contributed by atoms with Gasteiger partial charge in [0.2, 0.25) is 0 Å². The number of rotatable bonds is 6. The van der Waals surface area contributed by atoms with Crippen LogP contribution in [0.15, 0.2) is 54.6 Å². The molecule has 1 heterocycles. The molecule has 0 saturated heterocycles. The Morgan fingerprint density at radius 3 is 2.38 bits per heavy atom. The normalized spacial score (nSPS) is 19.8. The van der Waals surface area contributed by atoms with Crippen LogP contribution in [0.2, 0.25) is 0 Å². The van der Waals surface area contributed by atoms with E-state index in [0.29, 0.717) is 0 Å². The molecule has 0 radical (unpaired) electrons. The second-order valence-electron chi connectivity index (χ2n) is 6.46. The van der Waals surface area contributed by atoms with Gasteiger partial charge in [-0.1, -0.05) is 69.2 Å². The van der Waals surface area contributed by atoms with Gasteiger partial charge in [-0.15, -0.1) is 0 Å². The molecule has 24 heavy (non-hydrogen) atoms. The van der Waals surface area contributed by atoms with Gasteiger partial charge in [-0.05, 0) is 30.5 Å². The van der Waals surface area contributed by atoms with E-state index >= 15 is 0 Å². The smallest absolute Gasteiger partial charge is 0.258 e. The molecule has 1 unspecified atom stereocenters. The summed E-state index contributed by atoms with van der Waals surface area (Å²) >= 11 is 0. The first-order chi connectivity index (χ1) is 11.7. The van der Waals surface area contributed by atoms with Crippen LogP contribution in [-0.2, 0) is 5.66 Å². The lowest BCUT2D eigenvalue weighted by Crippen LogP contribution is -2.57. The lowest BCUT2D eigenvalue weighted by Gasteiger charge is -2.49. The minimum atomic E-state index is -0.462. The minimum Gasteiger partial charge on any atom is -0.358 e. The Bertz CT molecular complexity index is 698. The standard InChI is InChI=1S/C21H26N2O/c1-3-5-16-23-20(24)18-13-9-10-14-19(18)22-21(23,15-4-2)17-11-7-6-8-12-17/h6-14,22H,3-5,15-16H2,1-2H3. The van der Waals surface area contributed by atoms with Gasteiger partial charge < -0.3 is 10.2 Å². The molecule has 2 aromatic carbocycles. The third-order valence-corrected chi connectivity index (χ3v) is 4.80. The fraction of sp³-hybridized carbons (Fsp3) is 0.381. The molecule has 1 N–H and O–H groups in total. The number of carbonyl (C=O) groups excluding carboxylic acids is 1. The highest BCUT2D eigenvalue weighted by Crippen LogP contribution is 2.41. The molecule has 0 aromatic heterocycles. The van der Waals surface area contributed by atoms with E-state index in [1.807, 2.05) is 30.3 Å². The third-order valence-electron chi connectivity index (χ3n) is 4.80. The van der Waals surface area contributed by atoms with Crippen LogP contribution in [0.1, 0.15) is 55.5 Å². The van der Waals surface area contributed by atoms with Gasteiger partial charge in [-0.3, -0.25) is 4.79 Å². The Labute approximate surface area is 144 Å². The highest BCUT2D eigenvalue weighted by Gasteiger charge is 2.44. The van der Waals surface area contributed by atoms with Crippen molar-refractivity contribution in [3.63, 3.8) is 0 Å². The molecule has 0 aliphatic carbocycles. The first-order valence-electron chi connectivity index (χ1n) is 8.97. The van der Waals surface area contributed by atoms with Gasteiger partial charge in [-0.2, -0.15) is 0 Å². The maximum Gasteiger partial charge on any atom is 0.258 e. The molecule has 1 amide bonds. The number of benzene rings is 2. The molecule has 3 heteroatoms. The molecule has 1 aliphatic rings. The van der Waals surface area contributed by atoms with E-state index in [1.54, 1.807) is 0 Å². The second-order valence-corrected chi connectivity index (χ2v) is 6.46. The summed E-state index contributed by atoms with van der Waals surface area (Å²) in [6.45, 7) is 5.11. The number of nitrogens with one attached hydrogen (secondary N) is 1. The fourth-order valence-electron chi connectivity index (χ4n) is 3.64. The number of anilines is 1. The van der Waals surface area contributed by atoms with Crippen LogP contribution in [0.4, 0.5) is 5.69 Å². The van der Waals surface area contributed by atoms with Crippen molar-refractivity contribution in [2.45, 2.75) is 45.2 Å². The number of amides is 1. The molecule has 126 valence electrons. The van der Waals surface area contributed by atoms with E-state index in [-0.39, 0.29) is 5.91 Å². The third kappa shape index (κ3) is 2.79. The van der Waals surface area contributed by atoms with Crippen LogP contribution in [-0.4, -0.2) is 17.4 Å². The van der Waals surface area contributed by atoms with Crippen LogP contribution in [0.25, 0.3) is 0 Å². The highest BCUT2D eigenvalue weighted by atomic mass is 16.2. The molecule has 3 nitrogen and oxygen atoms in total. The summed E-state index contributed by atoms with van der Waals surface area (Å²) in [5, 5.41) is 3.72. The van der Waals surface area contributed by atoms with Gasteiger partial charge in [0.05, 0.1) is 5.56 Å². The van der Waals surface area contributed by atoms with Crippen LogP contribution in [0.3, 0.4) is 0 Å². The lowest BCUT2D eigenvalue weighted by atomic mass is 9.88. The van der Waals surface area contributed by atoms with Gasteiger partial charge in [0.1, 0.15) is 5.66 Å². The molecular formula is C21H26N2O. The Morgan fingerprint density at radius 2 is 1.67 bits per heavy atom. The van der Waals surface area contributed by atoms with E-state index in [9.17, 15) is 4.79 Å². The van der Waals surface area contributed by atoms with Crippen molar-refractivity contribution in [3.05, 3.63) is 65.7 Å². The molecule has 1 atom stereocenters. The SMILES string of the molecule is CCCCN1C(=O)c2ccccc2NC1(CCC)c1ccccc1. The fourth-order valence-corrected chi connectivity index (χ4v) is 3.64. The van der Waals surface area contributed by atoms with Crippen LogP contribution in [0.5, 0.6) is 0 Å². The predicted octanol–water partition coefficient (Wildman–Crippen LogP) is 5.01. The summed E-state index contributed by atoms with van der Waals surface area (Å²) in [7, 11) is 0. The number of unbranched alkanes of at least 4 members (excludes halogenated alkanes) is 1. The predicted molar refractivity (Wildman–Crippen MR) is 99.0 cm³/mol. The van der Waals surface area contributed by atoms with E-state index < -0.39 is 5.66 Å². The van der Waals surface area contributed by atoms with Crippen molar-refractivity contribution in [1.29, 1.82) is 0 Å². The molecule has 0 fully saturated rings. The first kappa shape index (κ1) is 16.6. The molecule has 3 rings (SSSR count). The number of hydrogen-bond donors (Lipinski definition) is 1. The Morgan fingerprint density at radius 1 is 0.958 bits per heavy atom. The van der Waals surface area contributed by atoms with Crippen LogP contribution >= 0.6 is 0 Å². The zero-order valence-corrected chi connectivity index (χ0v) is 14.6. The van der Waals surface area contributed by atoms with Crippen molar-refractivity contribution in [1.82, 2.24) is 4.90 Å². The quantitative estimate of drug-likeness (QED) is 0.811. The van der Waals surface area contributed by atoms with Gasteiger partial charge in [-0.25, -0.2) is 0 Å². The Hall–Kier alpha value is -2.29. The molecular weight excluding hydrogens is 296 g/mol. The van der Waals surface area contributed by atoms with E-state index in [0.717, 1.165) is 49.0 Å². The summed E-state index contributed by atoms with van der Waals surface area (Å²) in [6, 6.07) is 18.2. The molecule has 0 spiro atoms. The van der Waals surface area contributed by atoms with Gasteiger partial charge in [0.25, 0.3) is 5.91 Å². The summed E-state index contributed by atoms with van der Waals surface area (Å²) < 4.78 is 0. The summed E-state index contributed by atoms with van der Waals surface area (Å²) in [4.78, 5) is 15.3. The average molecular weight is 322 g/mol. The van der Waals surface area contributed by atoms with Crippen molar-refractivity contribution >= 4 is 11.6 Å². The highest BCUT2D eigenvalue weighted by molar-refractivity contribution is 6.02. The number of carbonyl (C=O) groups is 1. The molecule has 1 aliphatic heterocycles. The molecule has 0 bridgehead atoms. The lowest BCUT2D eigenvalue weighted by molar-refractivity contribution is 0.0464. The Kier molecular flexibility index (Phi) is 4.89. The van der Waals surface area contributed by atoms with Crippen molar-refractivity contribution in [2.24, 2.45) is 0 Å². The van der Waals surface area contributed by atoms with E-state index in [2.05, 4.69) is 48.3 Å². The second kappa shape index (κ2) is 7.08.